The van der Waals surface area contributed by atoms with Crippen molar-refractivity contribution in [2.24, 2.45) is 0 Å². The highest BCUT2D eigenvalue weighted by Crippen LogP contribution is 2.23. The standard InChI is InChI=1S/C15H11NO.C6H6/c1-3-7-12(8-4-1)14-11-17-15(16-14)13-9-5-2-6-10-13;1-2-4-6-5-3-1/h1-11H;1-6H. The number of nitrogens with zero attached hydrogens (tertiary/aromatic N) is 1. The van der Waals surface area contributed by atoms with Crippen LogP contribution in [-0.4, -0.2) is 4.98 Å². The van der Waals surface area contributed by atoms with Crippen molar-refractivity contribution in [1.29, 1.82) is 0 Å². The zero-order valence-corrected chi connectivity index (χ0v) is 12.7. The lowest BCUT2D eigenvalue weighted by atomic mass is 10.2. The van der Waals surface area contributed by atoms with Crippen LogP contribution in [0.2, 0.25) is 0 Å². The lowest BCUT2D eigenvalue weighted by molar-refractivity contribution is 0.575. The number of oxazole rings is 1. The van der Waals surface area contributed by atoms with Crippen molar-refractivity contribution in [1.82, 2.24) is 4.98 Å². The quantitative estimate of drug-likeness (QED) is 0.475. The zero-order chi connectivity index (χ0) is 15.7. The predicted molar refractivity (Wildman–Crippen MR) is 93.8 cm³/mol. The smallest absolute Gasteiger partial charge is 0.226 e. The Kier molecular flexibility index (Phi) is 4.99. The number of rotatable bonds is 2. The molecule has 4 rings (SSSR count). The summed E-state index contributed by atoms with van der Waals surface area (Å²) in [4.78, 5) is 4.48. The van der Waals surface area contributed by atoms with Crippen LogP contribution in [0, 0.1) is 0 Å². The second kappa shape index (κ2) is 7.76. The van der Waals surface area contributed by atoms with E-state index in [2.05, 4.69) is 4.98 Å². The van der Waals surface area contributed by atoms with Gasteiger partial charge in [-0.25, -0.2) is 4.98 Å². The Balaban J connectivity index is 0.000000220. The molecule has 0 spiro atoms. The van der Waals surface area contributed by atoms with Crippen LogP contribution in [-0.2, 0) is 0 Å². The first-order valence-electron chi connectivity index (χ1n) is 7.50. The molecule has 0 aliphatic rings. The number of aromatic nitrogens is 1. The molecule has 0 saturated carbocycles. The van der Waals surface area contributed by atoms with Crippen LogP contribution in [0.5, 0.6) is 0 Å². The van der Waals surface area contributed by atoms with Crippen molar-refractivity contribution in [2.45, 2.75) is 0 Å². The number of benzene rings is 3. The normalized spacial score (nSPS) is 9.74. The SMILES string of the molecule is c1ccc(-c2coc(-c3ccccc3)n2)cc1.c1ccccc1. The van der Waals surface area contributed by atoms with Crippen LogP contribution in [0.4, 0.5) is 0 Å². The lowest BCUT2D eigenvalue weighted by Crippen LogP contribution is -1.78. The summed E-state index contributed by atoms with van der Waals surface area (Å²) in [7, 11) is 0. The van der Waals surface area contributed by atoms with Crippen LogP contribution >= 0.6 is 0 Å². The molecule has 23 heavy (non-hydrogen) atoms. The van der Waals surface area contributed by atoms with Gasteiger partial charge in [0.2, 0.25) is 5.89 Å². The Labute approximate surface area is 136 Å². The van der Waals surface area contributed by atoms with Crippen LogP contribution in [0.15, 0.2) is 108 Å². The molecule has 0 amide bonds. The van der Waals surface area contributed by atoms with Crippen molar-refractivity contribution in [3.63, 3.8) is 0 Å². The van der Waals surface area contributed by atoms with Crippen LogP contribution in [0.3, 0.4) is 0 Å². The Morgan fingerprint density at radius 1 is 0.522 bits per heavy atom. The maximum Gasteiger partial charge on any atom is 0.226 e. The highest BCUT2D eigenvalue weighted by atomic mass is 16.3. The first kappa shape index (κ1) is 14.8. The highest BCUT2D eigenvalue weighted by Gasteiger charge is 2.06. The van der Waals surface area contributed by atoms with E-state index in [4.69, 9.17) is 4.42 Å². The fraction of sp³-hybridized carbons (Fsp3) is 0. The van der Waals surface area contributed by atoms with Crippen molar-refractivity contribution in [3.8, 4) is 22.7 Å². The number of hydrogen-bond donors (Lipinski definition) is 0. The molecular formula is C21H17NO. The second-order valence-corrected chi connectivity index (χ2v) is 4.92. The summed E-state index contributed by atoms with van der Waals surface area (Å²) in [6.45, 7) is 0. The lowest BCUT2D eigenvalue weighted by Gasteiger charge is -1.93. The van der Waals surface area contributed by atoms with Crippen molar-refractivity contribution < 1.29 is 4.42 Å². The second-order valence-electron chi connectivity index (χ2n) is 4.92. The zero-order valence-electron chi connectivity index (χ0n) is 12.7. The van der Waals surface area contributed by atoms with Crippen molar-refractivity contribution in [3.05, 3.63) is 103 Å². The van der Waals surface area contributed by atoms with Gasteiger partial charge >= 0.3 is 0 Å². The first-order chi connectivity index (χ1) is 11.4. The molecule has 0 atom stereocenters. The van der Waals surface area contributed by atoms with Gasteiger partial charge in [-0.05, 0) is 12.1 Å². The minimum Gasteiger partial charge on any atom is -0.444 e. The summed E-state index contributed by atoms with van der Waals surface area (Å²) in [6.07, 6.45) is 1.69. The summed E-state index contributed by atoms with van der Waals surface area (Å²) < 4.78 is 5.49. The van der Waals surface area contributed by atoms with E-state index < -0.39 is 0 Å². The van der Waals surface area contributed by atoms with Gasteiger partial charge in [-0.3, -0.25) is 0 Å². The maximum absolute atomic E-state index is 5.49. The average molecular weight is 299 g/mol. The molecule has 1 heterocycles. The van der Waals surface area contributed by atoms with E-state index in [0.29, 0.717) is 5.89 Å². The van der Waals surface area contributed by atoms with Gasteiger partial charge in [0.1, 0.15) is 12.0 Å². The first-order valence-corrected chi connectivity index (χ1v) is 7.50. The summed E-state index contributed by atoms with van der Waals surface area (Å²) in [5.74, 6) is 0.657. The van der Waals surface area contributed by atoms with Gasteiger partial charge < -0.3 is 4.42 Å². The molecule has 4 aromatic rings. The molecule has 0 bridgehead atoms. The van der Waals surface area contributed by atoms with E-state index in [0.717, 1.165) is 16.8 Å². The summed E-state index contributed by atoms with van der Waals surface area (Å²) in [5.41, 5.74) is 2.93. The van der Waals surface area contributed by atoms with Gasteiger partial charge in [0.25, 0.3) is 0 Å². The minimum atomic E-state index is 0.657. The maximum atomic E-state index is 5.49. The third-order valence-electron chi connectivity index (χ3n) is 3.26. The molecule has 2 heteroatoms. The van der Waals surface area contributed by atoms with Crippen LogP contribution in [0.25, 0.3) is 22.7 Å². The third-order valence-corrected chi connectivity index (χ3v) is 3.26. The van der Waals surface area contributed by atoms with E-state index in [1.807, 2.05) is 97.1 Å². The van der Waals surface area contributed by atoms with Gasteiger partial charge in [-0.1, -0.05) is 84.9 Å². The molecule has 0 aliphatic carbocycles. The van der Waals surface area contributed by atoms with E-state index in [1.54, 1.807) is 6.26 Å². The Morgan fingerprint density at radius 2 is 0.957 bits per heavy atom. The monoisotopic (exact) mass is 299 g/mol. The molecule has 2 nitrogen and oxygen atoms in total. The fourth-order valence-electron chi connectivity index (χ4n) is 2.11. The Morgan fingerprint density at radius 3 is 1.48 bits per heavy atom. The Bertz CT molecular complexity index is 727. The van der Waals surface area contributed by atoms with Gasteiger partial charge in [0.15, 0.2) is 0 Å². The van der Waals surface area contributed by atoms with E-state index >= 15 is 0 Å². The Hall–Kier alpha value is -3.13. The topological polar surface area (TPSA) is 26.0 Å². The van der Waals surface area contributed by atoms with E-state index in [1.165, 1.54) is 0 Å². The predicted octanol–water partition coefficient (Wildman–Crippen LogP) is 5.70. The van der Waals surface area contributed by atoms with Gasteiger partial charge in [-0.15, -0.1) is 0 Å². The number of hydrogen-bond acceptors (Lipinski definition) is 2. The molecule has 0 radical (unpaired) electrons. The van der Waals surface area contributed by atoms with Crippen LogP contribution < -0.4 is 0 Å². The van der Waals surface area contributed by atoms with Gasteiger partial charge in [-0.2, -0.15) is 0 Å². The molecule has 3 aromatic carbocycles. The molecular weight excluding hydrogens is 282 g/mol. The third kappa shape index (κ3) is 4.17. The summed E-state index contributed by atoms with van der Waals surface area (Å²) in [6, 6.07) is 31.9. The van der Waals surface area contributed by atoms with Gasteiger partial charge in [0.05, 0.1) is 0 Å². The minimum absolute atomic E-state index is 0.657. The van der Waals surface area contributed by atoms with Crippen molar-refractivity contribution in [2.75, 3.05) is 0 Å². The largest absolute Gasteiger partial charge is 0.444 e. The molecule has 112 valence electrons. The molecule has 0 fully saturated rings. The summed E-state index contributed by atoms with van der Waals surface area (Å²) >= 11 is 0. The molecule has 0 N–H and O–H groups in total. The molecule has 0 saturated heterocycles. The molecule has 1 aromatic heterocycles. The van der Waals surface area contributed by atoms with Crippen LogP contribution in [0.1, 0.15) is 0 Å². The molecule has 0 unspecified atom stereocenters. The fourth-order valence-corrected chi connectivity index (χ4v) is 2.11. The van der Waals surface area contributed by atoms with E-state index in [9.17, 15) is 0 Å². The molecule has 0 aliphatic heterocycles. The van der Waals surface area contributed by atoms with Crippen molar-refractivity contribution >= 4 is 0 Å². The van der Waals surface area contributed by atoms with E-state index in [-0.39, 0.29) is 0 Å². The highest BCUT2D eigenvalue weighted by molar-refractivity contribution is 5.62. The summed E-state index contributed by atoms with van der Waals surface area (Å²) in [5, 5.41) is 0. The average Bonchev–Trinajstić information content (AvgIpc) is 3.15. The van der Waals surface area contributed by atoms with Gasteiger partial charge in [0, 0.05) is 11.1 Å².